The molecule has 8 rings (SSSR count). The standard InChI is InChI=1S/C15H9S2.C14H8S2.3CH3.Sn/c1-9-8-11-3-5-12-13(15(11)17-9)4-2-10-6-7-16-14(10)12;1-3-11-12(13-9(1)5-7-15-13)4-2-10-6-8-16-14(10)11;;;;/h2-6,8H,1H3;1-8H;3*1H3;. The number of aryl methyl sites for hydroxylation is 1. The normalized spacial score (nSPS) is 12.3. The Morgan fingerprint density at radius 1 is 0.486 bits per heavy atom. The predicted molar refractivity (Wildman–Crippen MR) is 177 cm³/mol. The summed E-state index contributed by atoms with van der Waals surface area (Å²) >= 11 is 5.66. The minimum absolute atomic E-state index is 1.36. The van der Waals surface area contributed by atoms with Gasteiger partial charge >= 0.3 is 138 Å². The Hall–Kier alpha value is -1.96. The van der Waals surface area contributed by atoms with Crippen LogP contribution in [0.25, 0.3) is 61.9 Å². The third-order valence-electron chi connectivity index (χ3n) is 7.05. The molecule has 0 radical (unpaired) electrons. The molecule has 4 aromatic carbocycles. The average molecular weight is 658 g/mol. The molecule has 0 fully saturated rings. The summed E-state index contributed by atoms with van der Waals surface area (Å²) in [6, 6.07) is 27.4. The van der Waals surface area contributed by atoms with Gasteiger partial charge in [0.25, 0.3) is 0 Å². The third-order valence-corrected chi connectivity index (χ3v) is 20.7. The van der Waals surface area contributed by atoms with Crippen molar-refractivity contribution >= 4 is 129 Å². The summed E-state index contributed by atoms with van der Waals surface area (Å²) in [6.07, 6.45) is 0. The molecule has 37 heavy (non-hydrogen) atoms. The smallest absolute Gasteiger partial charge is 0.0421 e. The first kappa shape index (κ1) is 24.1. The van der Waals surface area contributed by atoms with Gasteiger partial charge in [-0.25, -0.2) is 0 Å². The largest absolute Gasteiger partial charge is 0.143 e. The summed E-state index contributed by atoms with van der Waals surface area (Å²) in [5, 5.41) is 15.5. The Morgan fingerprint density at radius 2 is 0.946 bits per heavy atom. The topological polar surface area (TPSA) is 0 Å². The Bertz CT molecular complexity index is 2020. The third kappa shape index (κ3) is 4.12. The zero-order chi connectivity index (χ0) is 25.3. The van der Waals surface area contributed by atoms with E-state index < -0.39 is 18.4 Å². The van der Waals surface area contributed by atoms with E-state index in [-0.39, 0.29) is 0 Å². The van der Waals surface area contributed by atoms with Crippen LogP contribution in [0, 0.1) is 6.92 Å². The Balaban J connectivity index is 0.000000129. The van der Waals surface area contributed by atoms with E-state index in [0.29, 0.717) is 0 Å². The number of benzene rings is 4. The maximum Gasteiger partial charge on any atom is 0.0421 e. The Morgan fingerprint density at radius 3 is 1.49 bits per heavy atom. The van der Waals surface area contributed by atoms with Gasteiger partial charge in [-0.3, -0.25) is 0 Å². The number of fused-ring (bicyclic) bond motifs is 10. The number of hydrogen-bond acceptors (Lipinski definition) is 4. The van der Waals surface area contributed by atoms with Crippen molar-refractivity contribution in [1.29, 1.82) is 0 Å². The molecule has 4 heterocycles. The predicted octanol–water partition coefficient (Wildman–Crippen LogP) is 11.4. The summed E-state index contributed by atoms with van der Waals surface area (Å²) < 4.78 is 7.43. The maximum absolute atomic E-state index is 2.50. The van der Waals surface area contributed by atoms with Gasteiger partial charge in [0.2, 0.25) is 0 Å². The molecule has 0 amide bonds. The monoisotopic (exact) mass is 658 g/mol. The molecule has 0 saturated carbocycles. The summed E-state index contributed by atoms with van der Waals surface area (Å²) in [4.78, 5) is 8.91. The minimum atomic E-state index is -1.98. The maximum atomic E-state index is 2.50. The van der Waals surface area contributed by atoms with E-state index >= 15 is 0 Å². The van der Waals surface area contributed by atoms with Crippen molar-refractivity contribution in [3.8, 4) is 0 Å². The Kier molecular flexibility index (Phi) is 5.90. The Labute approximate surface area is 236 Å². The van der Waals surface area contributed by atoms with Gasteiger partial charge < -0.3 is 0 Å². The molecule has 0 aliphatic carbocycles. The molecule has 5 heteroatoms. The molecular weight excluding hydrogens is 631 g/mol. The van der Waals surface area contributed by atoms with Crippen LogP contribution in [0.3, 0.4) is 0 Å². The van der Waals surface area contributed by atoms with Crippen LogP contribution in [0.2, 0.25) is 14.8 Å². The molecule has 0 saturated heterocycles. The minimum Gasteiger partial charge on any atom is -0.143 e. The van der Waals surface area contributed by atoms with E-state index in [4.69, 9.17) is 0 Å². The number of hydrogen-bond donors (Lipinski definition) is 0. The van der Waals surface area contributed by atoms with Crippen LogP contribution >= 0.6 is 45.3 Å². The van der Waals surface area contributed by atoms with Crippen molar-refractivity contribution < 1.29 is 0 Å². The summed E-state index contributed by atoms with van der Waals surface area (Å²) in [6.45, 7) is 2.20. The molecule has 0 aliphatic heterocycles. The second-order valence-corrected chi connectivity index (χ2v) is 30.2. The molecule has 182 valence electrons. The molecule has 0 N–H and O–H groups in total. The van der Waals surface area contributed by atoms with Crippen LogP contribution in [0.1, 0.15) is 4.88 Å². The summed E-state index contributed by atoms with van der Waals surface area (Å²) in [5.41, 5.74) is 0. The fourth-order valence-corrected chi connectivity index (χ4v) is 14.5. The SMILES string of the molecule is Cc1cc2ccc3c(ccc4c[c]([Sn]([CH3])([CH3])[CH3])sc43)c2s1.c1cc2ccc3c(ccc4ccsc43)c2s1. The molecule has 0 bridgehead atoms. The second-order valence-electron chi connectivity index (χ2n) is 10.7. The van der Waals surface area contributed by atoms with E-state index in [0.717, 1.165) is 0 Å². The van der Waals surface area contributed by atoms with Gasteiger partial charge in [-0.2, -0.15) is 0 Å². The van der Waals surface area contributed by atoms with E-state index in [1.807, 2.05) is 45.3 Å². The van der Waals surface area contributed by atoms with Crippen molar-refractivity contribution in [1.82, 2.24) is 0 Å². The van der Waals surface area contributed by atoms with Gasteiger partial charge in [0.15, 0.2) is 0 Å². The summed E-state index contributed by atoms with van der Waals surface area (Å²) in [7, 11) is 0. The van der Waals surface area contributed by atoms with Crippen molar-refractivity contribution in [2.75, 3.05) is 0 Å². The molecular formula is C32H26S4Sn. The molecule has 0 nitrogen and oxygen atoms in total. The first-order chi connectivity index (χ1) is 17.9. The second kappa shape index (κ2) is 9.06. The van der Waals surface area contributed by atoms with Crippen LogP contribution in [0.15, 0.2) is 83.6 Å². The van der Waals surface area contributed by atoms with E-state index in [1.54, 1.807) is 2.89 Å². The molecule has 0 unspecified atom stereocenters. The van der Waals surface area contributed by atoms with Gasteiger partial charge in [-0.15, -0.1) is 22.7 Å². The fourth-order valence-electron chi connectivity index (χ4n) is 5.16. The zero-order valence-electron chi connectivity index (χ0n) is 21.2. The molecule has 0 spiro atoms. The van der Waals surface area contributed by atoms with Crippen LogP contribution in [-0.4, -0.2) is 18.4 Å². The average Bonchev–Trinajstić information content (AvgIpc) is 3.67. The van der Waals surface area contributed by atoms with E-state index in [2.05, 4.69) is 105 Å². The first-order valence-electron chi connectivity index (χ1n) is 12.5. The molecule has 0 atom stereocenters. The number of thiophene rings is 4. The van der Waals surface area contributed by atoms with Crippen LogP contribution in [0.4, 0.5) is 0 Å². The van der Waals surface area contributed by atoms with Crippen molar-refractivity contribution in [3.05, 3.63) is 88.4 Å². The van der Waals surface area contributed by atoms with Crippen molar-refractivity contribution in [3.63, 3.8) is 0 Å². The number of rotatable bonds is 1. The van der Waals surface area contributed by atoms with Crippen molar-refractivity contribution in [2.24, 2.45) is 0 Å². The van der Waals surface area contributed by atoms with Gasteiger partial charge in [0.05, 0.1) is 0 Å². The summed E-state index contributed by atoms with van der Waals surface area (Å²) in [5.74, 6) is 0. The van der Waals surface area contributed by atoms with E-state index in [9.17, 15) is 0 Å². The zero-order valence-corrected chi connectivity index (χ0v) is 27.3. The quantitative estimate of drug-likeness (QED) is 0.154. The fraction of sp³-hybridized carbons (Fsp3) is 0.125. The molecule has 8 aromatic rings. The van der Waals surface area contributed by atoms with Gasteiger partial charge in [0, 0.05) is 20.2 Å². The van der Waals surface area contributed by atoms with Gasteiger partial charge in [0.1, 0.15) is 0 Å². The molecule has 0 aliphatic rings. The van der Waals surface area contributed by atoms with Crippen LogP contribution in [0.5, 0.6) is 0 Å². The van der Waals surface area contributed by atoms with Gasteiger partial charge in [-0.05, 0) is 33.7 Å². The van der Waals surface area contributed by atoms with Gasteiger partial charge in [-0.1, -0.05) is 24.3 Å². The van der Waals surface area contributed by atoms with Crippen LogP contribution in [-0.2, 0) is 0 Å². The first-order valence-corrected chi connectivity index (χ1v) is 25.9. The van der Waals surface area contributed by atoms with E-state index in [1.165, 1.54) is 66.8 Å². The van der Waals surface area contributed by atoms with Crippen LogP contribution < -0.4 is 2.89 Å². The van der Waals surface area contributed by atoms with Crippen molar-refractivity contribution in [2.45, 2.75) is 21.7 Å². The molecule has 4 aromatic heterocycles.